The highest BCUT2D eigenvalue weighted by atomic mass is 16.5. The van der Waals surface area contributed by atoms with Gasteiger partial charge in [0.05, 0.1) is 18.3 Å². The third kappa shape index (κ3) is 2.33. The Morgan fingerprint density at radius 3 is 2.85 bits per heavy atom. The Balaban J connectivity index is 1.93. The van der Waals surface area contributed by atoms with E-state index in [9.17, 15) is 0 Å². The van der Waals surface area contributed by atoms with Crippen molar-refractivity contribution in [1.82, 2.24) is 20.2 Å². The molecule has 0 amide bonds. The lowest BCUT2D eigenvalue weighted by molar-refractivity contribution is 0.342. The zero-order valence-electron chi connectivity index (χ0n) is 11.6. The van der Waals surface area contributed by atoms with Crippen molar-refractivity contribution in [1.29, 1.82) is 0 Å². The molecule has 0 unspecified atom stereocenters. The molecule has 1 aliphatic rings. The molecule has 1 aliphatic carbocycles. The zero-order valence-corrected chi connectivity index (χ0v) is 11.6. The van der Waals surface area contributed by atoms with E-state index in [-0.39, 0.29) is 0 Å². The Labute approximate surface area is 117 Å². The normalized spacial score (nSPS) is 15.7. The molecule has 0 bridgehead atoms. The fraction of sp³-hybridized carbons (Fsp3) is 0.500. The minimum Gasteiger partial charge on any atom is -0.492 e. The highest BCUT2D eigenvalue weighted by Crippen LogP contribution is 2.33. The number of nitrogen functional groups attached to an aromatic ring is 1. The first kappa shape index (κ1) is 12.9. The van der Waals surface area contributed by atoms with E-state index in [0.29, 0.717) is 24.1 Å². The maximum Gasteiger partial charge on any atom is 0.182 e. The van der Waals surface area contributed by atoms with Crippen molar-refractivity contribution in [2.45, 2.75) is 38.6 Å². The van der Waals surface area contributed by atoms with Gasteiger partial charge in [-0.15, -0.1) is 5.10 Å². The van der Waals surface area contributed by atoms with Crippen LogP contribution in [-0.2, 0) is 0 Å². The average Bonchev–Trinajstić information content (AvgIpc) is 3.11. The summed E-state index contributed by atoms with van der Waals surface area (Å²) in [5.74, 6) is 1.49. The third-order valence-electron chi connectivity index (χ3n) is 3.73. The molecule has 0 spiro atoms. The lowest BCUT2D eigenvalue weighted by atomic mass is 10.1. The van der Waals surface area contributed by atoms with Crippen LogP contribution in [0, 0.1) is 0 Å². The quantitative estimate of drug-likeness (QED) is 0.865. The first-order chi connectivity index (χ1) is 9.79. The summed E-state index contributed by atoms with van der Waals surface area (Å²) in [6.07, 6.45) is 4.78. The first-order valence-electron chi connectivity index (χ1n) is 7.10. The number of benzene rings is 1. The van der Waals surface area contributed by atoms with Gasteiger partial charge in [0.1, 0.15) is 5.75 Å². The largest absolute Gasteiger partial charge is 0.492 e. The van der Waals surface area contributed by atoms with Gasteiger partial charge in [-0.1, -0.05) is 12.8 Å². The molecule has 0 atom stereocenters. The van der Waals surface area contributed by atoms with Crippen molar-refractivity contribution >= 4 is 5.69 Å². The van der Waals surface area contributed by atoms with E-state index in [4.69, 9.17) is 10.5 Å². The molecule has 6 heteroatoms. The van der Waals surface area contributed by atoms with Crippen LogP contribution in [-0.4, -0.2) is 26.8 Å². The highest BCUT2D eigenvalue weighted by Gasteiger charge is 2.22. The van der Waals surface area contributed by atoms with Crippen LogP contribution in [0.5, 0.6) is 5.75 Å². The molecule has 1 heterocycles. The van der Waals surface area contributed by atoms with Gasteiger partial charge in [0.2, 0.25) is 0 Å². The summed E-state index contributed by atoms with van der Waals surface area (Å²) in [7, 11) is 0. The van der Waals surface area contributed by atoms with Crippen molar-refractivity contribution < 1.29 is 4.74 Å². The SMILES string of the molecule is CCOc1ccc(-c2nnnn2C2CCCC2)cc1N. The van der Waals surface area contributed by atoms with E-state index in [1.54, 1.807) is 0 Å². The summed E-state index contributed by atoms with van der Waals surface area (Å²) >= 11 is 0. The van der Waals surface area contributed by atoms with Crippen LogP contribution >= 0.6 is 0 Å². The lowest BCUT2D eigenvalue weighted by Gasteiger charge is -2.12. The van der Waals surface area contributed by atoms with E-state index >= 15 is 0 Å². The van der Waals surface area contributed by atoms with E-state index in [2.05, 4.69) is 15.5 Å². The zero-order chi connectivity index (χ0) is 13.9. The molecule has 20 heavy (non-hydrogen) atoms. The predicted molar refractivity (Wildman–Crippen MR) is 76.3 cm³/mol. The van der Waals surface area contributed by atoms with Crippen LogP contribution in [0.4, 0.5) is 5.69 Å². The van der Waals surface area contributed by atoms with Gasteiger partial charge < -0.3 is 10.5 Å². The minimum atomic E-state index is 0.410. The summed E-state index contributed by atoms with van der Waals surface area (Å²) in [6, 6.07) is 6.12. The molecular weight excluding hydrogens is 254 g/mol. The van der Waals surface area contributed by atoms with Crippen molar-refractivity contribution in [3.63, 3.8) is 0 Å². The van der Waals surface area contributed by atoms with Crippen LogP contribution in [0.15, 0.2) is 18.2 Å². The Hall–Kier alpha value is -2.11. The molecule has 1 saturated carbocycles. The van der Waals surface area contributed by atoms with Gasteiger partial charge in [-0.25, -0.2) is 4.68 Å². The molecule has 1 fully saturated rings. The standard InChI is InChI=1S/C14H19N5O/c1-2-20-13-8-7-10(9-12(13)15)14-16-17-18-19(14)11-5-3-4-6-11/h7-9,11H,2-6,15H2,1H3. The van der Waals surface area contributed by atoms with E-state index in [0.717, 1.165) is 24.2 Å². The molecule has 1 aromatic carbocycles. The molecule has 0 saturated heterocycles. The van der Waals surface area contributed by atoms with E-state index in [1.807, 2.05) is 29.8 Å². The van der Waals surface area contributed by atoms with Crippen molar-refractivity contribution in [3.05, 3.63) is 18.2 Å². The topological polar surface area (TPSA) is 78.9 Å². The number of ether oxygens (including phenoxy) is 1. The number of tetrazole rings is 1. The predicted octanol–water partition coefficient (Wildman–Crippen LogP) is 2.44. The number of hydrogen-bond acceptors (Lipinski definition) is 5. The molecule has 0 radical (unpaired) electrons. The molecule has 106 valence electrons. The van der Waals surface area contributed by atoms with Gasteiger partial charge >= 0.3 is 0 Å². The van der Waals surface area contributed by atoms with Gasteiger partial charge in [0.15, 0.2) is 5.82 Å². The summed E-state index contributed by atoms with van der Waals surface area (Å²) in [5.41, 5.74) is 7.56. The number of nitrogens with two attached hydrogens (primary N) is 1. The number of aromatic nitrogens is 4. The smallest absolute Gasteiger partial charge is 0.182 e. The van der Waals surface area contributed by atoms with Crippen molar-refractivity contribution in [3.8, 4) is 17.1 Å². The average molecular weight is 273 g/mol. The van der Waals surface area contributed by atoms with Crippen molar-refractivity contribution in [2.75, 3.05) is 12.3 Å². The van der Waals surface area contributed by atoms with Crippen LogP contribution < -0.4 is 10.5 Å². The van der Waals surface area contributed by atoms with Crippen LogP contribution in [0.1, 0.15) is 38.6 Å². The summed E-state index contributed by atoms with van der Waals surface area (Å²) in [5, 5.41) is 12.1. The fourth-order valence-corrected chi connectivity index (χ4v) is 2.75. The maximum absolute atomic E-state index is 6.01. The summed E-state index contributed by atoms with van der Waals surface area (Å²) in [4.78, 5) is 0. The van der Waals surface area contributed by atoms with E-state index in [1.165, 1.54) is 12.8 Å². The first-order valence-corrected chi connectivity index (χ1v) is 7.10. The number of rotatable bonds is 4. The maximum atomic E-state index is 6.01. The molecule has 0 aliphatic heterocycles. The van der Waals surface area contributed by atoms with E-state index < -0.39 is 0 Å². The highest BCUT2D eigenvalue weighted by molar-refractivity contribution is 5.66. The number of nitrogens with zero attached hydrogens (tertiary/aromatic N) is 4. The van der Waals surface area contributed by atoms with Gasteiger partial charge in [-0.05, 0) is 48.4 Å². The van der Waals surface area contributed by atoms with Gasteiger partial charge in [0.25, 0.3) is 0 Å². The molecule has 6 nitrogen and oxygen atoms in total. The second-order valence-electron chi connectivity index (χ2n) is 5.07. The Bertz CT molecular complexity index is 589. The van der Waals surface area contributed by atoms with Crippen LogP contribution in [0.3, 0.4) is 0 Å². The Morgan fingerprint density at radius 2 is 2.15 bits per heavy atom. The van der Waals surface area contributed by atoms with Crippen LogP contribution in [0.2, 0.25) is 0 Å². The molecule has 1 aromatic heterocycles. The summed E-state index contributed by atoms with van der Waals surface area (Å²) in [6.45, 7) is 2.54. The van der Waals surface area contributed by atoms with Crippen molar-refractivity contribution in [2.24, 2.45) is 0 Å². The third-order valence-corrected chi connectivity index (χ3v) is 3.73. The van der Waals surface area contributed by atoms with Gasteiger partial charge in [0, 0.05) is 5.56 Å². The van der Waals surface area contributed by atoms with Gasteiger partial charge in [-0.2, -0.15) is 0 Å². The minimum absolute atomic E-state index is 0.410. The Kier molecular flexibility index (Phi) is 3.54. The molecule has 3 rings (SSSR count). The molecular formula is C14H19N5O. The van der Waals surface area contributed by atoms with Gasteiger partial charge in [-0.3, -0.25) is 0 Å². The number of hydrogen-bond donors (Lipinski definition) is 1. The Morgan fingerprint density at radius 1 is 1.35 bits per heavy atom. The van der Waals surface area contributed by atoms with Crippen LogP contribution in [0.25, 0.3) is 11.4 Å². The summed E-state index contributed by atoms with van der Waals surface area (Å²) < 4.78 is 7.39. The second-order valence-corrected chi connectivity index (χ2v) is 5.07. The molecule has 2 N–H and O–H groups in total. The lowest BCUT2D eigenvalue weighted by Crippen LogP contribution is -2.09. The monoisotopic (exact) mass is 273 g/mol. The number of anilines is 1. The second kappa shape index (κ2) is 5.48. The fourth-order valence-electron chi connectivity index (χ4n) is 2.75. The molecule has 2 aromatic rings.